The van der Waals surface area contributed by atoms with Gasteiger partial charge < -0.3 is 0 Å². The van der Waals surface area contributed by atoms with Gasteiger partial charge in [-0.05, 0) is 49.1 Å². The maximum Gasteiger partial charge on any atom is 0.0714 e. The third-order valence-electron chi connectivity index (χ3n) is 3.87. The number of allylic oxidation sites excluding steroid dienone is 1. The lowest BCUT2D eigenvalue weighted by Crippen LogP contribution is -1.96. The molecule has 0 radical (unpaired) electrons. The topological polar surface area (TPSA) is 12.4 Å². The molecule has 0 saturated heterocycles. The predicted molar refractivity (Wildman–Crippen MR) is 110 cm³/mol. The Morgan fingerprint density at radius 2 is 1.48 bits per heavy atom. The Balaban J connectivity index is 1.88. The van der Waals surface area contributed by atoms with Crippen molar-refractivity contribution in [3.63, 3.8) is 0 Å². The first-order valence-electron chi connectivity index (χ1n) is 8.32. The molecular weight excluding hydrogens is 322 g/mol. The number of aryl methyl sites for hydroxylation is 2. The number of benzene rings is 3. The van der Waals surface area contributed by atoms with Gasteiger partial charge in [0.2, 0.25) is 0 Å². The van der Waals surface area contributed by atoms with Crippen LogP contribution in [-0.4, -0.2) is 5.71 Å². The third-order valence-corrected chi connectivity index (χ3v) is 4.85. The van der Waals surface area contributed by atoms with Crippen LogP contribution in [0.4, 0.5) is 5.69 Å². The van der Waals surface area contributed by atoms with Crippen molar-refractivity contribution < 1.29 is 0 Å². The van der Waals surface area contributed by atoms with Gasteiger partial charge in [-0.3, -0.25) is 0 Å². The van der Waals surface area contributed by atoms with Gasteiger partial charge in [0.1, 0.15) is 0 Å². The van der Waals surface area contributed by atoms with E-state index >= 15 is 0 Å². The number of hydrogen-bond acceptors (Lipinski definition) is 2. The molecule has 3 aromatic rings. The van der Waals surface area contributed by atoms with Gasteiger partial charge in [-0.25, -0.2) is 4.99 Å². The van der Waals surface area contributed by atoms with Crippen LogP contribution in [0.2, 0.25) is 0 Å². The Kier molecular flexibility index (Phi) is 5.86. The van der Waals surface area contributed by atoms with E-state index in [-0.39, 0.29) is 0 Å². The summed E-state index contributed by atoms with van der Waals surface area (Å²) in [5.74, 6) is 0. The van der Waals surface area contributed by atoms with Crippen molar-refractivity contribution in [2.75, 3.05) is 0 Å². The fraction of sp³-hybridized carbons (Fsp3) is 0.0870. The lowest BCUT2D eigenvalue weighted by Gasteiger charge is -2.04. The third kappa shape index (κ3) is 4.94. The van der Waals surface area contributed by atoms with Crippen molar-refractivity contribution in [3.05, 3.63) is 107 Å². The largest absolute Gasteiger partial charge is 0.248 e. The highest BCUT2D eigenvalue weighted by Crippen LogP contribution is 2.23. The maximum atomic E-state index is 4.83. The summed E-state index contributed by atoms with van der Waals surface area (Å²) in [6.07, 6.45) is 2.09. The van der Waals surface area contributed by atoms with E-state index in [1.54, 1.807) is 11.8 Å². The second kappa shape index (κ2) is 8.50. The molecule has 3 rings (SSSR count). The second-order valence-electron chi connectivity index (χ2n) is 5.88. The summed E-state index contributed by atoms with van der Waals surface area (Å²) >= 11 is 1.72. The van der Waals surface area contributed by atoms with Crippen molar-refractivity contribution in [1.29, 1.82) is 0 Å². The predicted octanol–water partition coefficient (Wildman–Crippen LogP) is 6.73. The minimum atomic E-state index is 0.962. The van der Waals surface area contributed by atoms with E-state index in [2.05, 4.69) is 73.9 Å². The van der Waals surface area contributed by atoms with Crippen LogP contribution in [0, 0.1) is 13.8 Å². The van der Waals surface area contributed by atoms with Crippen molar-refractivity contribution in [2.24, 2.45) is 4.99 Å². The fourth-order valence-electron chi connectivity index (χ4n) is 2.42. The molecule has 0 bridgehead atoms. The van der Waals surface area contributed by atoms with Crippen molar-refractivity contribution >= 4 is 23.2 Å². The first kappa shape index (κ1) is 17.2. The number of thioether (sulfide) groups is 1. The van der Waals surface area contributed by atoms with Crippen LogP contribution in [0.25, 0.3) is 0 Å². The Bertz CT molecular complexity index is 877. The molecule has 25 heavy (non-hydrogen) atoms. The molecule has 2 heteroatoms. The van der Waals surface area contributed by atoms with Gasteiger partial charge in [0.15, 0.2) is 0 Å². The minimum Gasteiger partial charge on any atom is -0.248 e. The van der Waals surface area contributed by atoms with Crippen molar-refractivity contribution in [3.8, 4) is 0 Å². The molecule has 0 aliphatic carbocycles. The summed E-state index contributed by atoms with van der Waals surface area (Å²) < 4.78 is 0. The molecule has 0 aliphatic rings. The van der Waals surface area contributed by atoms with Crippen LogP contribution >= 0.6 is 11.8 Å². The summed E-state index contributed by atoms with van der Waals surface area (Å²) in [7, 11) is 0. The van der Waals surface area contributed by atoms with E-state index in [1.165, 1.54) is 16.0 Å². The average molecular weight is 343 g/mol. The first-order chi connectivity index (χ1) is 12.2. The lowest BCUT2D eigenvalue weighted by molar-refractivity contribution is 1.31. The van der Waals surface area contributed by atoms with Crippen molar-refractivity contribution in [2.45, 2.75) is 18.7 Å². The number of nitrogens with zero attached hydrogens (tertiary/aromatic N) is 1. The van der Waals surface area contributed by atoms with Crippen LogP contribution in [-0.2, 0) is 0 Å². The Hall–Kier alpha value is -2.58. The van der Waals surface area contributed by atoms with Crippen LogP contribution < -0.4 is 0 Å². The number of hydrogen-bond donors (Lipinski definition) is 0. The summed E-state index contributed by atoms with van der Waals surface area (Å²) in [5, 5.41) is 2.12. The highest BCUT2D eigenvalue weighted by atomic mass is 32.2. The molecule has 0 unspecified atom stereocenters. The summed E-state index contributed by atoms with van der Waals surface area (Å²) in [5.41, 5.74) is 5.59. The summed E-state index contributed by atoms with van der Waals surface area (Å²) in [4.78, 5) is 6.09. The van der Waals surface area contributed by atoms with Gasteiger partial charge in [0, 0.05) is 10.5 Å². The molecule has 0 spiro atoms. The number of rotatable bonds is 5. The highest BCUT2D eigenvalue weighted by Gasteiger charge is 2.01. The second-order valence-corrected chi connectivity index (χ2v) is 6.83. The van der Waals surface area contributed by atoms with E-state index in [1.807, 2.05) is 30.3 Å². The van der Waals surface area contributed by atoms with Gasteiger partial charge in [-0.2, -0.15) is 0 Å². The number of para-hydroxylation sites is 1. The molecule has 3 aromatic carbocycles. The standard InChI is InChI=1S/C23H21NS/c1-18-12-14-20(15-13-18)22(24-21-9-4-3-5-10-21)16-17-25-23-11-7-6-8-19(23)2/h3-17H,1-2H3. The molecule has 0 aromatic heterocycles. The van der Waals surface area contributed by atoms with Gasteiger partial charge in [-0.15, -0.1) is 0 Å². The molecule has 0 heterocycles. The molecule has 0 atom stereocenters. The summed E-state index contributed by atoms with van der Waals surface area (Å²) in [6.45, 7) is 4.23. The normalized spacial score (nSPS) is 11.8. The Labute approximate surface area is 154 Å². The number of aliphatic imine (C=N–C) groups is 1. The van der Waals surface area contributed by atoms with E-state index in [0.29, 0.717) is 0 Å². The molecule has 124 valence electrons. The van der Waals surface area contributed by atoms with E-state index in [9.17, 15) is 0 Å². The minimum absolute atomic E-state index is 0.962. The quantitative estimate of drug-likeness (QED) is 0.369. The maximum absolute atomic E-state index is 4.83. The average Bonchev–Trinajstić information content (AvgIpc) is 2.64. The summed E-state index contributed by atoms with van der Waals surface area (Å²) in [6, 6.07) is 27.0. The zero-order valence-electron chi connectivity index (χ0n) is 14.5. The monoisotopic (exact) mass is 343 g/mol. The Morgan fingerprint density at radius 1 is 0.800 bits per heavy atom. The molecule has 0 fully saturated rings. The van der Waals surface area contributed by atoms with E-state index < -0.39 is 0 Å². The molecule has 0 aliphatic heterocycles. The van der Waals surface area contributed by atoms with Gasteiger partial charge in [0.05, 0.1) is 11.4 Å². The zero-order valence-corrected chi connectivity index (χ0v) is 15.3. The van der Waals surface area contributed by atoms with Gasteiger partial charge in [-0.1, -0.05) is 78.0 Å². The lowest BCUT2D eigenvalue weighted by atomic mass is 10.1. The van der Waals surface area contributed by atoms with E-state index in [4.69, 9.17) is 4.99 Å². The fourth-order valence-corrected chi connectivity index (χ4v) is 3.18. The van der Waals surface area contributed by atoms with Gasteiger partial charge >= 0.3 is 0 Å². The molecule has 0 N–H and O–H groups in total. The Morgan fingerprint density at radius 3 is 2.20 bits per heavy atom. The van der Waals surface area contributed by atoms with Crippen LogP contribution in [0.3, 0.4) is 0 Å². The molecule has 0 amide bonds. The molecule has 1 nitrogen and oxygen atoms in total. The van der Waals surface area contributed by atoms with E-state index in [0.717, 1.165) is 17.0 Å². The smallest absolute Gasteiger partial charge is 0.0714 e. The molecule has 0 saturated carbocycles. The SMILES string of the molecule is Cc1ccc(C(C=CSc2ccccc2C)=Nc2ccccc2)cc1. The highest BCUT2D eigenvalue weighted by molar-refractivity contribution is 8.02. The zero-order chi connectivity index (χ0) is 17.5. The first-order valence-corrected chi connectivity index (χ1v) is 9.20. The molecular formula is C23H21NS. The van der Waals surface area contributed by atoms with Crippen LogP contribution in [0.15, 0.2) is 100 Å². The van der Waals surface area contributed by atoms with Crippen LogP contribution in [0.5, 0.6) is 0 Å². The van der Waals surface area contributed by atoms with Crippen LogP contribution in [0.1, 0.15) is 16.7 Å². The van der Waals surface area contributed by atoms with Gasteiger partial charge in [0.25, 0.3) is 0 Å². The van der Waals surface area contributed by atoms with Crippen molar-refractivity contribution in [1.82, 2.24) is 0 Å².